The van der Waals surface area contributed by atoms with Crippen LogP contribution in [0.2, 0.25) is 0 Å². The molecule has 2 nitrogen and oxygen atoms in total. The summed E-state index contributed by atoms with van der Waals surface area (Å²) in [5, 5.41) is -0.480. The highest BCUT2D eigenvalue weighted by Gasteiger charge is 2.12. The molecule has 0 N–H and O–H groups in total. The van der Waals surface area contributed by atoms with E-state index in [1.54, 1.807) is 6.92 Å². The highest BCUT2D eigenvalue weighted by atomic mass is 35.5. The maximum atomic E-state index is 10.2. The first-order valence-corrected chi connectivity index (χ1v) is 3.83. The van der Waals surface area contributed by atoms with Gasteiger partial charge in [0.05, 0.1) is 10.8 Å². The van der Waals surface area contributed by atoms with Gasteiger partial charge in [-0.05, 0) is 6.92 Å². The van der Waals surface area contributed by atoms with Crippen LogP contribution < -0.4 is 0 Å². The molecule has 0 aromatic heterocycles. The quantitative estimate of drug-likeness (QED) is 0.494. The third-order valence-corrected chi connectivity index (χ3v) is 1.88. The maximum Gasteiger partial charge on any atom is 0.302 e. The summed E-state index contributed by atoms with van der Waals surface area (Å²) in [6.07, 6.45) is 0. The molecule has 0 radical (unpaired) electrons. The van der Waals surface area contributed by atoms with Crippen molar-refractivity contribution in [2.75, 3.05) is 6.61 Å². The number of ether oxygens (including phenoxy) is 1. The Labute approximate surface area is 70.4 Å². The SMILES string of the molecule is CC(=O)OC[C@H](Cl)[C@@H](C)Cl. The maximum absolute atomic E-state index is 10.2. The summed E-state index contributed by atoms with van der Waals surface area (Å²) in [5.74, 6) is -0.331. The van der Waals surface area contributed by atoms with Crippen LogP contribution in [0.5, 0.6) is 0 Å². The van der Waals surface area contributed by atoms with Crippen LogP contribution in [0.3, 0.4) is 0 Å². The molecule has 60 valence electrons. The molecule has 0 spiro atoms. The van der Waals surface area contributed by atoms with Crippen LogP contribution in [0.4, 0.5) is 0 Å². The van der Waals surface area contributed by atoms with Gasteiger partial charge < -0.3 is 4.74 Å². The van der Waals surface area contributed by atoms with E-state index in [0.29, 0.717) is 0 Å². The molecule has 0 aromatic rings. The lowest BCUT2D eigenvalue weighted by Gasteiger charge is -2.10. The van der Waals surface area contributed by atoms with E-state index in [0.717, 1.165) is 0 Å². The van der Waals surface area contributed by atoms with E-state index in [9.17, 15) is 4.79 Å². The van der Waals surface area contributed by atoms with Gasteiger partial charge in [-0.1, -0.05) is 0 Å². The Morgan fingerprint density at radius 1 is 1.60 bits per heavy atom. The molecule has 2 atom stereocenters. The lowest BCUT2D eigenvalue weighted by molar-refractivity contribution is -0.140. The Morgan fingerprint density at radius 2 is 2.10 bits per heavy atom. The first-order valence-electron chi connectivity index (χ1n) is 2.95. The second-order valence-electron chi connectivity index (χ2n) is 2.00. The number of hydrogen-bond donors (Lipinski definition) is 0. The third-order valence-electron chi connectivity index (χ3n) is 0.944. The molecule has 0 aliphatic carbocycles. The van der Waals surface area contributed by atoms with Gasteiger partial charge in [0, 0.05) is 6.92 Å². The summed E-state index contributed by atoms with van der Waals surface area (Å²) in [5.41, 5.74) is 0. The zero-order valence-electron chi connectivity index (χ0n) is 5.93. The third kappa shape index (κ3) is 4.89. The van der Waals surface area contributed by atoms with Crippen molar-refractivity contribution >= 4 is 29.2 Å². The summed E-state index contributed by atoms with van der Waals surface area (Å²) in [4.78, 5) is 10.2. The van der Waals surface area contributed by atoms with Gasteiger partial charge in [0.2, 0.25) is 0 Å². The predicted molar refractivity (Wildman–Crippen MR) is 41.6 cm³/mol. The fourth-order valence-corrected chi connectivity index (χ4v) is 0.465. The molecule has 0 aliphatic heterocycles. The van der Waals surface area contributed by atoms with Crippen LogP contribution in [0.15, 0.2) is 0 Å². The van der Waals surface area contributed by atoms with Crippen LogP contribution in [0.1, 0.15) is 13.8 Å². The first kappa shape index (κ1) is 10.0. The number of carbonyl (C=O) groups excluding carboxylic acids is 1. The van der Waals surface area contributed by atoms with E-state index >= 15 is 0 Å². The van der Waals surface area contributed by atoms with Crippen molar-refractivity contribution in [3.8, 4) is 0 Å². The van der Waals surface area contributed by atoms with Crippen LogP contribution >= 0.6 is 23.2 Å². The zero-order chi connectivity index (χ0) is 8.15. The number of alkyl halides is 2. The van der Waals surface area contributed by atoms with Gasteiger partial charge >= 0.3 is 5.97 Å². The molecule has 0 amide bonds. The average Bonchev–Trinajstić information content (AvgIpc) is 1.82. The minimum atomic E-state index is -0.331. The molecule has 0 bridgehead atoms. The van der Waals surface area contributed by atoms with Gasteiger partial charge in [-0.3, -0.25) is 4.79 Å². The van der Waals surface area contributed by atoms with Crippen molar-refractivity contribution in [3.63, 3.8) is 0 Å². The van der Waals surface area contributed by atoms with Gasteiger partial charge in [-0.2, -0.15) is 0 Å². The van der Waals surface area contributed by atoms with Crippen molar-refractivity contribution < 1.29 is 9.53 Å². The fourth-order valence-electron chi connectivity index (χ4n) is 0.330. The minimum absolute atomic E-state index is 0.180. The van der Waals surface area contributed by atoms with E-state index < -0.39 is 0 Å². The first-order chi connectivity index (χ1) is 4.54. The normalized spacial score (nSPS) is 16.0. The van der Waals surface area contributed by atoms with E-state index in [1.807, 2.05) is 0 Å². The van der Waals surface area contributed by atoms with Gasteiger partial charge in [0.15, 0.2) is 0 Å². The molecular weight excluding hydrogens is 175 g/mol. The lowest BCUT2D eigenvalue weighted by atomic mass is 10.3. The molecule has 0 aromatic carbocycles. The Morgan fingerprint density at radius 3 is 2.40 bits per heavy atom. The number of rotatable bonds is 3. The topological polar surface area (TPSA) is 26.3 Å². The monoisotopic (exact) mass is 184 g/mol. The largest absolute Gasteiger partial charge is 0.464 e. The Hall–Kier alpha value is 0.0500. The molecule has 0 unspecified atom stereocenters. The summed E-state index contributed by atoms with van der Waals surface area (Å²) < 4.78 is 4.61. The van der Waals surface area contributed by atoms with Crippen molar-refractivity contribution in [3.05, 3.63) is 0 Å². The highest BCUT2D eigenvalue weighted by Crippen LogP contribution is 2.08. The Kier molecular flexibility index (Phi) is 4.83. The van der Waals surface area contributed by atoms with E-state index in [1.165, 1.54) is 6.92 Å². The van der Waals surface area contributed by atoms with Crippen LogP contribution in [-0.2, 0) is 9.53 Å². The summed E-state index contributed by atoms with van der Waals surface area (Å²) in [6, 6.07) is 0. The highest BCUT2D eigenvalue weighted by molar-refractivity contribution is 6.29. The second kappa shape index (κ2) is 4.80. The second-order valence-corrected chi connectivity index (χ2v) is 3.25. The van der Waals surface area contributed by atoms with Crippen LogP contribution in [-0.4, -0.2) is 23.3 Å². The molecule has 10 heavy (non-hydrogen) atoms. The number of halogens is 2. The molecule has 0 saturated carbocycles. The van der Waals surface area contributed by atoms with Crippen molar-refractivity contribution in [2.24, 2.45) is 0 Å². The van der Waals surface area contributed by atoms with Gasteiger partial charge in [-0.25, -0.2) is 0 Å². The smallest absolute Gasteiger partial charge is 0.302 e. The fraction of sp³-hybridized carbons (Fsp3) is 0.833. The summed E-state index contributed by atoms with van der Waals surface area (Å²) in [7, 11) is 0. The molecular formula is C6H10Cl2O2. The predicted octanol–water partition coefficient (Wildman–Crippen LogP) is 1.78. The molecule has 0 heterocycles. The molecule has 0 saturated heterocycles. The minimum Gasteiger partial charge on any atom is -0.464 e. The van der Waals surface area contributed by atoms with Crippen molar-refractivity contribution in [1.82, 2.24) is 0 Å². The Bertz CT molecular complexity index is 114. The summed E-state index contributed by atoms with van der Waals surface area (Å²) >= 11 is 11.2. The van der Waals surface area contributed by atoms with Crippen LogP contribution in [0, 0.1) is 0 Å². The molecule has 4 heteroatoms. The van der Waals surface area contributed by atoms with E-state index in [-0.39, 0.29) is 23.3 Å². The van der Waals surface area contributed by atoms with Crippen molar-refractivity contribution in [2.45, 2.75) is 24.6 Å². The molecule has 0 fully saturated rings. The molecule has 0 aliphatic rings. The number of hydrogen-bond acceptors (Lipinski definition) is 2. The molecule has 0 rings (SSSR count). The van der Waals surface area contributed by atoms with E-state index in [4.69, 9.17) is 23.2 Å². The summed E-state index contributed by atoms with van der Waals surface area (Å²) in [6.45, 7) is 3.27. The van der Waals surface area contributed by atoms with Gasteiger partial charge in [-0.15, -0.1) is 23.2 Å². The standard InChI is InChI=1S/C6H10Cl2O2/c1-4(7)6(8)3-10-5(2)9/h4,6H,3H2,1-2H3/t4-,6+/m1/s1. The zero-order valence-corrected chi connectivity index (χ0v) is 7.45. The Balaban J connectivity index is 3.39. The number of carbonyl (C=O) groups is 1. The van der Waals surface area contributed by atoms with Gasteiger partial charge in [0.1, 0.15) is 6.61 Å². The number of esters is 1. The van der Waals surface area contributed by atoms with E-state index in [2.05, 4.69) is 4.74 Å². The van der Waals surface area contributed by atoms with Gasteiger partial charge in [0.25, 0.3) is 0 Å². The van der Waals surface area contributed by atoms with Crippen molar-refractivity contribution in [1.29, 1.82) is 0 Å². The lowest BCUT2D eigenvalue weighted by Crippen LogP contribution is -2.19. The average molecular weight is 185 g/mol. The van der Waals surface area contributed by atoms with Crippen LogP contribution in [0.25, 0.3) is 0 Å².